The smallest absolute Gasteiger partial charge is 0.336 e. The Balaban J connectivity index is 0.000000232. The van der Waals surface area contributed by atoms with Gasteiger partial charge in [-0.25, -0.2) is 18.4 Å². The van der Waals surface area contributed by atoms with E-state index in [1.165, 1.54) is 48.5 Å². The first-order chi connectivity index (χ1) is 43.5. The molecule has 0 radical (unpaired) electrons. The van der Waals surface area contributed by atoms with Crippen LogP contribution in [0.4, 0.5) is 8.78 Å². The number of carbonyl (C=O) groups is 4. The van der Waals surface area contributed by atoms with Crippen LogP contribution in [0.3, 0.4) is 0 Å². The van der Waals surface area contributed by atoms with Crippen LogP contribution in [0.15, 0.2) is 131 Å². The van der Waals surface area contributed by atoms with Crippen LogP contribution in [0, 0.1) is 23.5 Å². The molecule has 0 aliphatic rings. The second-order valence-electron chi connectivity index (χ2n) is 21.9. The third-order valence-electron chi connectivity index (χ3n) is 14.4. The number of carboxylic acid groups (broad SMARTS) is 2. The van der Waals surface area contributed by atoms with E-state index in [9.17, 15) is 46.2 Å². The highest BCUT2D eigenvalue weighted by atomic mass is 32.2. The van der Waals surface area contributed by atoms with Crippen molar-refractivity contribution in [1.82, 2.24) is 29.7 Å². The van der Waals surface area contributed by atoms with Crippen molar-refractivity contribution in [1.29, 1.82) is 0 Å². The van der Waals surface area contributed by atoms with Gasteiger partial charge in [-0.3, -0.25) is 27.8 Å². The van der Waals surface area contributed by atoms with Gasteiger partial charge < -0.3 is 30.3 Å². The topological polar surface area (TPSA) is 296 Å². The number of thiol groups is 2. The molecule has 0 aliphatic carbocycles. The predicted molar refractivity (Wildman–Crippen MR) is 353 cm³/mol. The van der Waals surface area contributed by atoms with Crippen LogP contribution >= 0.6 is 25.3 Å². The number of nitrogens with zero attached hydrogens (tertiary/aromatic N) is 4. The van der Waals surface area contributed by atoms with Crippen molar-refractivity contribution in [3.05, 3.63) is 178 Å². The molecule has 492 valence electrons. The van der Waals surface area contributed by atoms with E-state index in [-0.39, 0.29) is 59.9 Å². The van der Waals surface area contributed by atoms with Gasteiger partial charge in [0.05, 0.1) is 83.8 Å². The first kappa shape index (κ1) is 72.9. The monoisotopic (exact) mass is 1340 g/mol. The van der Waals surface area contributed by atoms with E-state index in [2.05, 4.69) is 45.9 Å². The van der Waals surface area contributed by atoms with Crippen molar-refractivity contribution < 1.29 is 73.6 Å². The van der Waals surface area contributed by atoms with E-state index in [1.54, 1.807) is 69.8 Å². The van der Waals surface area contributed by atoms with Crippen molar-refractivity contribution in [2.24, 2.45) is 11.8 Å². The molecule has 20 nitrogen and oxygen atoms in total. The first-order valence-corrected chi connectivity index (χ1v) is 33.5. The Labute approximate surface area is 545 Å². The molecular weight excluding hydrogens is 1270 g/mol. The number of carboxylic acids is 2. The standard InChI is InChI=1S/2C28H34FN3O4S.C10H8O6S2/c2*1-5-23-24(15-30-26(33)25(37)13-17(3)4)32(28(31-23)36-6-2)16-19-12-11-18(14-22(19)29)20-9-7-8-10-21(20)27(34)35;11-17(12,13)9-5-1-3-7-8(9)4-2-6-10(7)18(14,15)16/h2*7-12,14,17,25,37H,5-6,13,15-16H2,1-4H3,(H,30,33)(H,34,35);1-6H,(H,11,12,13)(H,14,15,16)/t2*25-;/m00./s1. The Bertz CT molecular complexity index is 3910. The first-order valence-electron chi connectivity index (χ1n) is 29.6. The summed E-state index contributed by atoms with van der Waals surface area (Å²) in [6.07, 6.45) is 2.53. The van der Waals surface area contributed by atoms with Gasteiger partial charge in [-0.15, -0.1) is 0 Å². The number of benzene rings is 6. The van der Waals surface area contributed by atoms with Crippen LogP contribution in [0.25, 0.3) is 33.0 Å². The molecule has 2 amide bonds. The number of carbonyl (C=O) groups excluding carboxylic acids is 2. The van der Waals surface area contributed by atoms with E-state index in [4.69, 9.17) is 18.6 Å². The molecule has 0 fully saturated rings. The number of rotatable bonds is 26. The van der Waals surface area contributed by atoms with Crippen LogP contribution in [0.1, 0.15) is 123 Å². The molecule has 6 N–H and O–H groups in total. The number of amides is 2. The molecule has 2 atom stereocenters. The average molecular weight is 1340 g/mol. The second-order valence-corrected chi connectivity index (χ2v) is 25.9. The highest BCUT2D eigenvalue weighted by Gasteiger charge is 2.26. The number of aromatic nitrogens is 4. The van der Waals surface area contributed by atoms with Gasteiger partial charge in [0.15, 0.2) is 0 Å². The Hall–Kier alpha value is -8.14. The van der Waals surface area contributed by atoms with Crippen LogP contribution in [0.2, 0.25) is 0 Å². The molecule has 2 aromatic heterocycles. The molecule has 0 unspecified atom stereocenters. The Kier molecular flexibility index (Phi) is 26.1. The third-order valence-corrected chi connectivity index (χ3v) is 17.1. The quantitative estimate of drug-likeness (QED) is 0.0185. The van der Waals surface area contributed by atoms with E-state index in [1.807, 2.05) is 55.4 Å². The Morgan fingerprint density at radius 3 is 1.21 bits per heavy atom. The molecule has 8 aromatic rings. The largest absolute Gasteiger partial charge is 0.478 e. The Morgan fingerprint density at radius 1 is 0.543 bits per heavy atom. The number of nitrogens with one attached hydrogen (secondary N) is 2. The molecule has 6 aromatic carbocycles. The summed E-state index contributed by atoms with van der Waals surface area (Å²) in [5, 5.41) is 24.1. The summed E-state index contributed by atoms with van der Waals surface area (Å²) in [6.45, 7) is 17.2. The number of ether oxygens (including phenoxy) is 2. The van der Waals surface area contributed by atoms with Gasteiger partial charge in [0, 0.05) is 21.9 Å². The molecule has 8 rings (SSSR count). The van der Waals surface area contributed by atoms with E-state index >= 15 is 8.78 Å². The van der Waals surface area contributed by atoms with Crippen molar-refractivity contribution >= 4 is 80.0 Å². The summed E-state index contributed by atoms with van der Waals surface area (Å²) in [4.78, 5) is 56.8. The van der Waals surface area contributed by atoms with Gasteiger partial charge in [-0.2, -0.15) is 52.1 Å². The lowest BCUT2D eigenvalue weighted by Crippen LogP contribution is -2.32. The molecular formula is C66H76F2N6O14S4. The minimum Gasteiger partial charge on any atom is -0.478 e. The number of fused-ring (bicyclic) bond motifs is 1. The van der Waals surface area contributed by atoms with Crippen LogP contribution < -0.4 is 20.1 Å². The maximum absolute atomic E-state index is 15.3. The number of halogens is 2. The number of hydrogen-bond acceptors (Lipinski definition) is 14. The zero-order valence-electron chi connectivity index (χ0n) is 52.1. The zero-order chi connectivity index (χ0) is 67.8. The van der Waals surface area contributed by atoms with E-state index < -0.39 is 64.1 Å². The van der Waals surface area contributed by atoms with Crippen LogP contribution in [0.5, 0.6) is 12.0 Å². The fourth-order valence-electron chi connectivity index (χ4n) is 10.0. The lowest BCUT2D eigenvalue weighted by molar-refractivity contribution is -0.121. The van der Waals surface area contributed by atoms with Crippen molar-refractivity contribution in [2.45, 2.75) is 128 Å². The fraction of sp³-hybridized carbons (Fsp3) is 0.333. The average Bonchev–Trinajstić information content (AvgIpc) is 1.05. The highest BCUT2D eigenvalue weighted by Crippen LogP contribution is 2.32. The molecule has 2 heterocycles. The highest BCUT2D eigenvalue weighted by molar-refractivity contribution is 7.86. The van der Waals surface area contributed by atoms with Gasteiger partial charge in [0.2, 0.25) is 11.8 Å². The molecule has 0 aliphatic heterocycles. The SMILES string of the molecule is CCOc1nc(CC)c(CNC(=O)[C@@H](S)CC(C)C)n1Cc1ccc(-c2ccccc2C(=O)O)cc1F.CCOc1nc(CC)c(CNC(=O)[C@@H](S)CC(C)C)n1Cc1ccc(-c2ccccc2C(=O)O)cc1F.O=S(=O)(O)c1cccc2c(S(=O)(=O)O)cccc12. The molecule has 0 bridgehead atoms. The number of imidazole rings is 2. The summed E-state index contributed by atoms with van der Waals surface area (Å²) in [5.41, 5.74) is 5.81. The summed E-state index contributed by atoms with van der Waals surface area (Å²) in [5.74, 6) is -2.77. The number of aryl methyl sites for hydroxylation is 2. The number of aromatic carboxylic acids is 2. The van der Waals surface area contributed by atoms with Crippen molar-refractivity contribution in [3.63, 3.8) is 0 Å². The van der Waals surface area contributed by atoms with Crippen LogP contribution in [-0.2, 0) is 68.8 Å². The van der Waals surface area contributed by atoms with Gasteiger partial charge in [0.1, 0.15) is 21.4 Å². The van der Waals surface area contributed by atoms with Gasteiger partial charge in [0.25, 0.3) is 32.3 Å². The predicted octanol–water partition coefficient (Wildman–Crippen LogP) is 12.0. The molecule has 92 heavy (non-hydrogen) atoms. The minimum atomic E-state index is -4.47. The summed E-state index contributed by atoms with van der Waals surface area (Å²) >= 11 is 8.86. The Morgan fingerprint density at radius 2 is 0.902 bits per heavy atom. The molecule has 0 saturated heterocycles. The second kappa shape index (κ2) is 32.9. The summed E-state index contributed by atoms with van der Waals surface area (Å²) < 4.78 is 108. The lowest BCUT2D eigenvalue weighted by atomic mass is 9.98. The molecule has 0 spiro atoms. The van der Waals surface area contributed by atoms with Crippen molar-refractivity contribution in [3.8, 4) is 34.3 Å². The lowest BCUT2D eigenvalue weighted by Gasteiger charge is -2.16. The zero-order valence-corrected chi connectivity index (χ0v) is 55.5. The maximum atomic E-state index is 15.3. The van der Waals surface area contributed by atoms with Crippen LogP contribution in [-0.4, -0.2) is 103 Å². The normalized spacial score (nSPS) is 12.1. The summed E-state index contributed by atoms with van der Waals surface area (Å²) in [6, 6.07) is 30.6. The molecule has 0 saturated carbocycles. The van der Waals surface area contributed by atoms with Crippen molar-refractivity contribution in [2.75, 3.05) is 13.2 Å². The van der Waals surface area contributed by atoms with E-state index in [0.717, 1.165) is 34.9 Å². The van der Waals surface area contributed by atoms with E-state index in [0.29, 0.717) is 96.1 Å². The third kappa shape index (κ3) is 19.0. The maximum Gasteiger partial charge on any atom is 0.336 e. The molecule has 26 heteroatoms. The van der Waals surface area contributed by atoms with Gasteiger partial charge in [-0.1, -0.05) is 126 Å². The van der Waals surface area contributed by atoms with Gasteiger partial charge in [-0.05, 0) is 110 Å². The van der Waals surface area contributed by atoms with Gasteiger partial charge >= 0.3 is 11.9 Å². The fourth-order valence-corrected chi connectivity index (χ4v) is 12.5. The summed E-state index contributed by atoms with van der Waals surface area (Å²) in [7, 11) is -8.94. The number of hydrogen-bond donors (Lipinski definition) is 8. The minimum absolute atomic E-state index is 0.0233.